The first-order valence-corrected chi connectivity index (χ1v) is 7.40. The Morgan fingerprint density at radius 2 is 1.86 bits per heavy atom. The van der Waals surface area contributed by atoms with E-state index in [0.29, 0.717) is 12.1 Å². The topological polar surface area (TPSA) is 41.1 Å². The molecule has 2 N–H and O–H groups in total. The zero-order chi connectivity index (χ0) is 15.1. The van der Waals surface area contributed by atoms with Gasteiger partial charge in [-0.15, -0.1) is 0 Å². The minimum Gasteiger partial charge on any atom is -0.379 e. The van der Waals surface area contributed by atoms with Crippen molar-refractivity contribution in [1.29, 1.82) is 0 Å². The van der Waals surface area contributed by atoms with Gasteiger partial charge < -0.3 is 10.6 Å². The summed E-state index contributed by atoms with van der Waals surface area (Å²) >= 11 is 0. The lowest BCUT2D eigenvalue weighted by Gasteiger charge is -2.16. The van der Waals surface area contributed by atoms with Crippen LogP contribution in [0.4, 0.5) is 5.69 Å². The Hall–Kier alpha value is -2.29. The fourth-order valence-electron chi connectivity index (χ4n) is 2.17. The van der Waals surface area contributed by atoms with Gasteiger partial charge >= 0.3 is 0 Å². The van der Waals surface area contributed by atoms with E-state index in [1.165, 1.54) is 5.56 Å². The Balaban J connectivity index is 2.06. The summed E-state index contributed by atoms with van der Waals surface area (Å²) in [5.41, 5.74) is 2.86. The van der Waals surface area contributed by atoms with Crippen LogP contribution in [-0.4, -0.2) is 12.5 Å². The summed E-state index contributed by atoms with van der Waals surface area (Å²) in [4.78, 5) is 12.0. The summed E-state index contributed by atoms with van der Waals surface area (Å²) in [6, 6.07) is 18.1. The lowest BCUT2D eigenvalue weighted by Crippen LogP contribution is -2.24. The minimum absolute atomic E-state index is 0.0205. The van der Waals surface area contributed by atoms with E-state index in [4.69, 9.17) is 0 Å². The van der Waals surface area contributed by atoms with Crippen molar-refractivity contribution >= 4 is 11.6 Å². The van der Waals surface area contributed by atoms with Crippen molar-refractivity contribution in [3.8, 4) is 0 Å². The second-order valence-corrected chi connectivity index (χ2v) is 5.11. The van der Waals surface area contributed by atoms with Crippen molar-refractivity contribution in [2.24, 2.45) is 0 Å². The SMILES string of the molecule is CCCNC(=O)c1cccc(NC(C)c2ccccc2)c1. The summed E-state index contributed by atoms with van der Waals surface area (Å²) < 4.78 is 0. The fraction of sp³-hybridized carbons (Fsp3) is 0.278. The third-order valence-corrected chi connectivity index (χ3v) is 3.34. The first-order chi connectivity index (χ1) is 10.2. The first-order valence-electron chi connectivity index (χ1n) is 7.40. The van der Waals surface area contributed by atoms with Gasteiger partial charge in [0.2, 0.25) is 0 Å². The van der Waals surface area contributed by atoms with Crippen molar-refractivity contribution in [3.63, 3.8) is 0 Å². The smallest absolute Gasteiger partial charge is 0.251 e. The summed E-state index contributed by atoms with van der Waals surface area (Å²) in [5, 5.41) is 6.32. The number of carbonyl (C=O) groups excluding carboxylic acids is 1. The van der Waals surface area contributed by atoms with Gasteiger partial charge in [0.25, 0.3) is 5.91 Å². The Morgan fingerprint density at radius 1 is 1.10 bits per heavy atom. The highest BCUT2D eigenvalue weighted by Gasteiger charge is 2.08. The number of anilines is 1. The highest BCUT2D eigenvalue weighted by Crippen LogP contribution is 2.19. The van der Waals surface area contributed by atoms with Crippen LogP contribution >= 0.6 is 0 Å². The molecule has 2 aromatic rings. The number of nitrogens with one attached hydrogen (secondary N) is 2. The molecule has 0 spiro atoms. The molecular formula is C18H22N2O. The highest BCUT2D eigenvalue weighted by atomic mass is 16.1. The van der Waals surface area contributed by atoms with Crippen molar-refractivity contribution < 1.29 is 4.79 Å². The standard InChI is InChI=1S/C18H22N2O/c1-3-12-19-18(21)16-10-7-11-17(13-16)20-14(2)15-8-5-4-6-9-15/h4-11,13-14,20H,3,12H2,1-2H3,(H,19,21). The molecule has 0 aliphatic rings. The summed E-state index contributed by atoms with van der Waals surface area (Å²) in [7, 11) is 0. The van der Waals surface area contributed by atoms with Gasteiger partial charge in [0, 0.05) is 23.8 Å². The maximum absolute atomic E-state index is 12.0. The predicted octanol–water partition coefficient (Wildman–Crippen LogP) is 4.00. The lowest BCUT2D eigenvalue weighted by atomic mass is 10.1. The van der Waals surface area contributed by atoms with Crippen LogP contribution in [0.5, 0.6) is 0 Å². The average molecular weight is 282 g/mol. The molecule has 0 bridgehead atoms. The Labute approximate surface area is 126 Å². The third-order valence-electron chi connectivity index (χ3n) is 3.34. The average Bonchev–Trinajstić information content (AvgIpc) is 2.53. The van der Waals surface area contributed by atoms with E-state index in [0.717, 1.165) is 12.1 Å². The zero-order valence-corrected chi connectivity index (χ0v) is 12.6. The van der Waals surface area contributed by atoms with Gasteiger partial charge in [-0.2, -0.15) is 0 Å². The van der Waals surface area contributed by atoms with Crippen LogP contribution in [0, 0.1) is 0 Å². The molecule has 1 atom stereocenters. The van der Waals surface area contributed by atoms with Gasteiger partial charge in [-0.05, 0) is 37.1 Å². The van der Waals surface area contributed by atoms with Gasteiger partial charge in [-0.3, -0.25) is 4.79 Å². The molecule has 1 amide bonds. The molecule has 0 saturated carbocycles. The molecule has 0 saturated heterocycles. The minimum atomic E-state index is -0.0205. The van der Waals surface area contributed by atoms with Crippen LogP contribution in [0.25, 0.3) is 0 Å². The molecule has 0 aromatic heterocycles. The van der Waals surface area contributed by atoms with Crippen molar-refractivity contribution in [2.45, 2.75) is 26.3 Å². The molecule has 0 heterocycles. The molecule has 110 valence electrons. The van der Waals surface area contributed by atoms with Gasteiger partial charge in [-0.1, -0.05) is 43.3 Å². The van der Waals surface area contributed by atoms with Crippen LogP contribution in [0.1, 0.15) is 42.2 Å². The van der Waals surface area contributed by atoms with Gasteiger partial charge in [-0.25, -0.2) is 0 Å². The number of hydrogen-bond donors (Lipinski definition) is 2. The molecule has 1 unspecified atom stereocenters. The van der Waals surface area contributed by atoms with Crippen LogP contribution in [0.3, 0.4) is 0 Å². The number of carbonyl (C=O) groups is 1. The number of rotatable bonds is 6. The highest BCUT2D eigenvalue weighted by molar-refractivity contribution is 5.95. The molecule has 21 heavy (non-hydrogen) atoms. The number of amides is 1. The molecule has 3 nitrogen and oxygen atoms in total. The van der Waals surface area contributed by atoms with E-state index in [2.05, 4.69) is 29.7 Å². The van der Waals surface area contributed by atoms with Gasteiger partial charge in [0.15, 0.2) is 0 Å². The Bertz CT molecular complexity index is 581. The second-order valence-electron chi connectivity index (χ2n) is 5.11. The van der Waals surface area contributed by atoms with Gasteiger partial charge in [0.1, 0.15) is 0 Å². The van der Waals surface area contributed by atoms with Gasteiger partial charge in [0.05, 0.1) is 0 Å². The van der Waals surface area contributed by atoms with Crippen LogP contribution in [0.2, 0.25) is 0 Å². The maximum Gasteiger partial charge on any atom is 0.251 e. The quantitative estimate of drug-likeness (QED) is 0.841. The van der Waals surface area contributed by atoms with E-state index in [9.17, 15) is 4.79 Å². The third kappa shape index (κ3) is 4.35. The van der Waals surface area contributed by atoms with Crippen molar-refractivity contribution in [3.05, 3.63) is 65.7 Å². The molecule has 0 aliphatic carbocycles. The Kier molecular flexibility index (Phi) is 5.38. The van der Waals surface area contributed by atoms with Crippen molar-refractivity contribution in [2.75, 3.05) is 11.9 Å². The molecular weight excluding hydrogens is 260 g/mol. The first kappa shape index (κ1) is 15.1. The Morgan fingerprint density at radius 3 is 2.57 bits per heavy atom. The normalized spacial score (nSPS) is 11.7. The van der Waals surface area contributed by atoms with E-state index in [1.54, 1.807) is 0 Å². The van der Waals surface area contributed by atoms with E-state index >= 15 is 0 Å². The molecule has 0 radical (unpaired) electrons. The van der Waals surface area contributed by atoms with Crippen LogP contribution in [0.15, 0.2) is 54.6 Å². The number of benzene rings is 2. The van der Waals surface area contributed by atoms with E-state index in [-0.39, 0.29) is 11.9 Å². The fourth-order valence-corrected chi connectivity index (χ4v) is 2.17. The molecule has 2 rings (SSSR count). The van der Waals surface area contributed by atoms with Crippen molar-refractivity contribution in [1.82, 2.24) is 5.32 Å². The maximum atomic E-state index is 12.0. The lowest BCUT2D eigenvalue weighted by molar-refractivity contribution is 0.0953. The summed E-state index contributed by atoms with van der Waals surface area (Å²) in [6.07, 6.45) is 0.939. The predicted molar refractivity (Wildman–Crippen MR) is 87.5 cm³/mol. The zero-order valence-electron chi connectivity index (χ0n) is 12.6. The second kappa shape index (κ2) is 7.48. The summed E-state index contributed by atoms with van der Waals surface area (Å²) in [6.45, 7) is 4.86. The monoisotopic (exact) mass is 282 g/mol. The van der Waals surface area contributed by atoms with Crippen LogP contribution < -0.4 is 10.6 Å². The summed E-state index contributed by atoms with van der Waals surface area (Å²) in [5.74, 6) is -0.0205. The molecule has 3 heteroatoms. The molecule has 2 aromatic carbocycles. The van der Waals surface area contributed by atoms with E-state index < -0.39 is 0 Å². The van der Waals surface area contributed by atoms with Crippen LogP contribution in [-0.2, 0) is 0 Å². The number of hydrogen-bond acceptors (Lipinski definition) is 2. The molecule has 0 fully saturated rings. The molecule has 0 aliphatic heterocycles. The van der Waals surface area contributed by atoms with E-state index in [1.807, 2.05) is 49.4 Å². The largest absolute Gasteiger partial charge is 0.379 e.